The van der Waals surface area contributed by atoms with E-state index in [4.69, 9.17) is 9.47 Å². The van der Waals surface area contributed by atoms with Crippen LogP contribution in [-0.4, -0.2) is 48.1 Å². The molecule has 1 rings (SSSR count). The van der Waals surface area contributed by atoms with Gasteiger partial charge in [0.1, 0.15) is 11.2 Å². The second-order valence-corrected chi connectivity index (χ2v) is 5.88. The van der Waals surface area contributed by atoms with Crippen molar-refractivity contribution in [3.8, 4) is 0 Å². The van der Waals surface area contributed by atoms with Gasteiger partial charge in [0.2, 0.25) is 0 Å². The minimum absolute atomic E-state index is 0.161. The lowest BCUT2D eigenvalue weighted by molar-refractivity contribution is -0.154. The first kappa shape index (κ1) is 15.4. The number of nitrogens with one attached hydrogen (secondary N) is 1. The van der Waals surface area contributed by atoms with Crippen molar-refractivity contribution in [3.63, 3.8) is 0 Å². The Balaban J connectivity index is 2.17. The van der Waals surface area contributed by atoms with Crippen molar-refractivity contribution in [2.24, 2.45) is 0 Å². The summed E-state index contributed by atoms with van der Waals surface area (Å²) < 4.78 is 10.5. The van der Waals surface area contributed by atoms with Gasteiger partial charge in [-0.2, -0.15) is 0 Å². The van der Waals surface area contributed by atoms with Gasteiger partial charge >= 0.3 is 5.97 Å². The van der Waals surface area contributed by atoms with Crippen LogP contribution in [-0.2, 0) is 14.3 Å². The number of carbonyl (C=O) groups is 1. The zero-order valence-electron chi connectivity index (χ0n) is 11.8. The molecule has 0 bridgehead atoms. The van der Waals surface area contributed by atoms with Gasteiger partial charge in [0.15, 0.2) is 0 Å². The second kappa shape index (κ2) is 5.99. The fourth-order valence-electron chi connectivity index (χ4n) is 1.89. The van der Waals surface area contributed by atoms with Gasteiger partial charge in [0.05, 0.1) is 12.5 Å². The summed E-state index contributed by atoms with van der Waals surface area (Å²) in [5.74, 6) is -0.224. The van der Waals surface area contributed by atoms with Crippen LogP contribution in [0, 0.1) is 0 Å². The van der Waals surface area contributed by atoms with Crippen LogP contribution in [0.25, 0.3) is 0 Å². The normalized spacial score (nSPS) is 28.4. The van der Waals surface area contributed by atoms with Crippen molar-refractivity contribution in [2.75, 3.05) is 19.7 Å². The third kappa shape index (κ3) is 4.92. The summed E-state index contributed by atoms with van der Waals surface area (Å²) in [4.78, 5) is 11.4. The molecule has 0 radical (unpaired) electrons. The van der Waals surface area contributed by atoms with Crippen LogP contribution in [0.4, 0.5) is 0 Å². The molecular formula is C13H25NO4. The Kier molecular flexibility index (Phi) is 5.13. The maximum absolute atomic E-state index is 11.4. The van der Waals surface area contributed by atoms with Gasteiger partial charge < -0.3 is 19.9 Å². The van der Waals surface area contributed by atoms with E-state index in [1.54, 1.807) is 0 Å². The number of aliphatic hydroxyl groups is 1. The van der Waals surface area contributed by atoms with Gasteiger partial charge in [-0.15, -0.1) is 0 Å². The van der Waals surface area contributed by atoms with E-state index in [-0.39, 0.29) is 12.1 Å². The van der Waals surface area contributed by atoms with Crippen LogP contribution in [0.5, 0.6) is 0 Å². The van der Waals surface area contributed by atoms with Crippen molar-refractivity contribution in [1.29, 1.82) is 0 Å². The monoisotopic (exact) mass is 259 g/mol. The summed E-state index contributed by atoms with van der Waals surface area (Å²) in [6, 6.07) is 0. The lowest BCUT2D eigenvalue weighted by atomic mass is 9.97. The van der Waals surface area contributed by atoms with E-state index < -0.39 is 11.2 Å². The van der Waals surface area contributed by atoms with Crippen LogP contribution in [0.2, 0.25) is 0 Å². The standard InChI is InChI=1S/C13H25NO4/c1-10-13(16,6-8-17-10)9-14-7-5-11(15)18-12(2,3)4/h10,14,16H,5-9H2,1-4H3. The summed E-state index contributed by atoms with van der Waals surface area (Å²) in [5.41, 5.74) is -1.25. The molecule has 1 fully saturated rings. The summed E-state index contributed by atoms with van der Waals surface area (Å²) in [6.07, 6.45) is 0.780. The highest BCUT2D eigenvalue weighted by atomic mass is 16.6. The SMILES string of the molecule is CC1OCCC1(O)CNCCC(=O)OC(C)(C)C. The van der Waals surface area contributed by atoms with E-state index in [2.05, 4.69) is 5.32 Å². The number of esters is 1. The maximum Gasteiger partial charge on any atom is 0.307 e. The average Bonchev–Trinajstić information content (AvgIpc) is 2.52. The molecule has 18 heavy (non-hydrogen) atoms. The Hall–Kier alpha value is -0.650. The van der Waals surface area contributed by atoms with Gasteiger partial charge in [0.25, 0.3) is 0 Å². The highest BCUT2D eigenvalue weighted by Gasteiger charge is 2.38. The molecule has 0 saturated carbocycles. The lowest BCUT2D eigenvalue weighted by Gasteiger charge is -2.26. The molecule has 5 nitrogen and oxygen atoms in total. The van der Waals surface area contributed by atoms with Gasteiger partial charge in [-0.1, -0.05) is 0 Å². The van der Waals surface area contributed by atoms with E-state index in [0.717, 1.165) is 0 Å². The van der Waals surface area contributed by atoms with Gasteiger partial charge in [-0.3, -0.25) is 4.79 Å². The molecule has 2 atom stereocenters. The Bertz CT molecular complexity index is 287. The van der Waals surface area contributed by atoms with Crippen molar-refractivity contribution in [2.45, 2.75) is 57.8 Å². The molecule has 5 heteroatoms. The summed E-state index contributed by atoms with van der Waals surface area (Å²) in [5, 5.41) is 13.3. The van der Waals surface area contributed by atoms with Crippen LogP contribution in [0.1, 0.15) is 40.5 Å². The van der Waals surface area contributed by atoms with Gasteiger partial charge in [-0.05, 0) is 27.7 Å². The number of hydrogen-bond acceptors (Lipinski definition) is 5. The Morgan fingerprint density at radius 1 is 1.56 bits per heavy atom. The molecule has 1 saturated heterocycles. The minimum atomic E-state index is -0.812. The Morgan fingerprint density at radius 3 is 2.72 bits per heavy atom. The molecule has 2 unspecified atom stereocenters. The van der Waals surface area contributed by atoms with Gasteiger partial charge in [0, 0.05) is 26.1 Å². The molecule has 106 valence electrons. The highest BCUT2D eigenvalue weighted by Crippen LogP contribution is 2.24. The predicted molar refractivity (Wildman–Crippen MR) is 68.3 cm³/mol. The fourth-order valence-corrected chi connectivity index (χ4v) is 1.89. The third-order valence-electron chi connectivity index (χ3n) is 3.02. The maximum atomic E-state index is 11.4. The van der Waals surface area contributed by atoms with Crippen molar-refractivity contribution < 1.29 is 19.4 Å². The molecule has 0 spiro atoms. The Morgan fingerprint density at radius 2 is 2.22 bits per heavy atom. The van der Waals surface area contributed by atoms with E-state index >= 15 is 0 Å². The molecule has 0 aromatic rings. The molecule has 1 aliphatic rings. The number of ether oxygens (including phenoxy) is 2. The zero-order chi connectivity index (χ0) is 13.8. The topological polar surface area (TPSA) is 67.8 Å². The number of hydrogen-bond donors (Lipinski definition) is 2. The van der Waals surface area contributed by atoms with Gasteiger partial charge in [-0.25, -0.2) is 0 Å². The first-order chi connectivity index (χ1) is 8.23. The quantitative estimate of drug-likeness (QED) is 0.566. The second-order valence-electron chi connectivity index (χ2n) is 5.88. The molecule has 0 aromatic carbocycles. The first-order valence-corrected chi connectivity index (χ1v) is 6.49. The molecular weight excluding hydrogens is 234 g/mol. The molecule has 1 aliphatic heterocycles. The molecule has 0 amide bonds. The van der Waals surface area contributed by atoms with Crippen LogP contribution in [0.15, 0.2) is 0 Å². The Labute approximate surface area is 109 Å². The van der Waals surface area contributed by atoms with Crippen molar-refractivity contribution in [3.05, 3.63) is 0 Å². The largest absolute Gasteiger partial charge is 0.460 e. The highest BCUT2D eigenvalue weighted by molar-refractivity contribution is 5.70. The molecule has 1 heterocycles. The van der Waals surface area contributed by atoms with Crippen molar-refractivity contribution >= 4 is 5.97 Å². The summed E-state index contributed by atoms with van der Waals surface area (Å²) in [7, 11) is 0. The van der Waals surface area contributed by atoms with E-state index in [0.29, 0.717) is 32.5 Å². The first-order valence-electron chi connectivity index (χ1n) is 6.49. The summed E-state index contributed by atoms with van der Waals surface area (Å²) >= 11 is 0. The number of rotatable bonds is 5. The molecule has 0 aromatic heterocycles. The fraction of sp³-hybridized carbons (Fsp3) is 0.923. The molecule has 2 N–H and O–H groups in total. The average molecular weight is 259 g/mol. The smallest absolute Gasteiger partial charge is 0.307 e. The molecule has 0 aliphatic carbocycles. The predicted octanol–water partition coefficient (Wildman–Crippen LogP) is 0.848. The van der Waals surface area contributed by atoms with Crippen LogP contribution >= 0.6 is 0 Å². The van der Waals surface area contributed by atoms with Crippen LogP contribution in [0.3, 0.4) is 0 Å². The van der Waals surface area contributed by atoms with Crippen LogP contribution < -0.4 is 5.32 Å². The third-order valence-corrected chi connectivity index (χ3v) is 3.02. The van der Waals surface area contributed by atoms with E-state index in [1.807, 2.05) is 27.7 Å². The van der Waals surface area contributed by atoms with E-state index in [9.17, 15) is 9.90 Å². The van der Waals surface area contributed by atoms with E-state index in [1.165, 1.54) is 0 Å². The zero-order valence-corrected chi connectivity index (χ0v) is 11.8. The van der Waals surface area contributed by atoms with Crippen molar-refractivity contribution in [1.82, 2.24) is 5.32 Å². The number of carbonyl (C=O) groups excluding carboxylic acids is 1. The summed E-state index contributed by atoms with van der Waals surface area (Å²) in [6.45, 7) is 8.94. The minimum Gasteiger partial charge on any atom is -0.460 e. The lowest BCUT2D eigenvalue weighted by Crippen LogP contribution is -2.46.